The molecule has 124 valence electrons. The molecule has 0 radical (unpaired) electrons. The zero-order valence-corrected chi connectivity index (χ0v) is 13.6. The van der Waals surface area contributed by atoms with Gasteiger partial charge in [0, 0.05) is 18.8 Å². The summed E-state index contributed by atoms with van der Waals surface area (Å²) in [6.45, 7) is 0.950. The Bertz CT molecular complexity index is 730. The van der Waals surface area contributed by atoms with E-state index in [1.54, 1.807) is 12.0 Å². The molecule has 5 heteroatoms. The van der Waals surface area contributed by atoms with Gasteiger partial charge in [-0.05, 0) is 36.2 Å². The van der Waals surface area contributed by atoms with Crippen molar-refractivity contribution in [3.05, 3.63) is 60.2 Å². The fourth-order valence-electron chi connectivity index (χ4n) is 2.88. The lowest BCUT2D eigenvalue weighted by Gasteiger charge is -2.16. The highest BCUT2D eigenvalue weighted by Gasteiger charge is 2.37. The molecule has 0 spiro atoms. The number of amides is 2. The summed E-state index contributed by atoms with van der Waals surface area (Å²) in [6.07, 6.45) is 0.539. The summed E-state index contributed by atoms with van der Waals surface area (Å²) < 4.78 is 5.17. The van der Waals surface area contributed by atoms with Crippen LogP contribution in [0, 0.1) is 5.92 Å². The van der Waals surface area contributed by atoms with Crippen LogP contribution >= 0.6 is 0 Å². The first-order valence-electron chi connectivity index (χ1n) is 7.96. The van der Waals surface area contributed by atoms with Gasteiger partial charge in [-0.1, -0.05) is 30.3 Å². The number of para-hydroxylation sites is 1. The number of anilines is 1. The van der Waals surface area contributed by atoms with E-state index in [0.717, 1.165) is 17.0 Å². The number of hydrogen-bond acceptors (Lipinski definition) is 3. The Balaban J connectivity index is 1.60. The Kier molecular flexibility index (Phi) is 4.79. The Morgan fingerprint density at radius 3 is 2.75 bits per heavy atom. The second-order valence-corrected chi connectivity index (χ2v) is 5.74. The van der Waals surface area contributed by atoms with Crippen molar-refractivity contribution in [3.63, 3.8) is 0 Å². The van der Waals surface area contributed by atoms with Gasteiger partial charge in [-0.3, -0.25) is 9.59 Å². The maximum Gasteiger partial charge on any atom is 0.239 e. The molecular weight excluding hydrogens is 304 g/mol. The first-order chi connectivity index (χ1) is 11.7. The fraction of sp³-hybridized carbons (Fsp3) is 0.263. The molecule has 24 heavy (non-hydrogen) atoms. The average Bonchev–Trinajstić information content (AvgIpc) is 3.02. The largest absolute Gasteiger partial charge is 0.497 e. The van der Waals surface area contributed by atoms with Crippen molar-refractivity contribution in [1.82, 2.24) is 5.32 Å². The molecule has 2 aromatic carbocycles. The molecule has 0 unspecified atom stereocenters. The lowest BCUT2D eigenvalue weighted by atomic mass is 10.1. The van der Waals surface area contributed by atoms with Crippen LogP contribution in [-0.4, -0.2) is 25.5 Å². The summed E-state index contributed by atoms with van der Waals surface area (Å²) in [5.41, 5.74) is 1.78. The molecule has 1 saturated heterocycles. The van der Waals surface area contributed by atoms with E-state index in [2.05, 4.69) is 5.32 Å². The first-order valence-corrected chi connectivity index (χ1v) is 7.96. The zero-order chi connectivity index (χ0) is 16.9. The summed E-state index contributed by atoms with van der Waals surface area (Å²) in [4.78, 5) is 26.6. The van der Waals surface area contributed by atoms with Gasteiger partial charge in [-0.25, -0.2) is 0 Å². The number of carbonyl (C=O) groups excluding carboxylic acids is 2. The van der Waals surface area contributed by atoms with Crippen molar-refractivity contribution in [2.75, 3.05) is 18.6 Å². The maximum absolute atomic E-state index is 12.5. The summed E-state index contributed by atoms with van der Waals surface area (Å²) in [6, 6.07) is 17.0. The third-order valence-corrected chi connectivity index (χ3v) is 4.19. The molecule has 0 aliphatic carbocycles. The van der Waals surface area contributed by atoms with Crippen LogP contribution in [0.3, 0.4) is 0 Å². The predicted molar refractivity (Wildman–Crippen MR) is 91.7 cm³/mol. The highest BCUT2D eigenvalue weighted by molar-refractivity contribution is 6.09. The Morgan fingerprint density at radius 1 is 1.21 bits per heavy atom. The molecule has 2 amide bonds. The highest BCUT2D eigenvalue weighted by atomic mass is 16.5. The summed E-state index contributed by atoms with van der Waals surface area (Å²) in [5, 5.41) is 2.85. The summed E-state index contributed by atoms with van der Waals surface area (Å²) in [5.74, 6) is -0.227. The molecule has 5 nitrogen and oxygen atoms in total. The molecular formula is C19H20N2O3. The Hall–Kier alpha value is -2.82. The second kappa shape index (κ2) is 7.17. The lowest BCUT2D eigenvalue weighted by Crippen LogP contribution is -2.36. The predicted octanol–water partition coefficient (Wildman–Crippen LogP) is 2.36. The van der Waals surface area contributed by atoms with Crippen molar-refractivity contribution in [3.8, 4) is 5.75 Å². The van der Waals surface area contributed by atoms with Gasteiger partial charge in [0.2, 0.25) is 11.8 Å². The minimum absolute atomic E-state index is 0.135. The topological polar surface area (TPSA) is 58.6 Å². The van der Waals surface area contributed by atoms with Crippen LogP contribution in [0.25, 0.3) is 0 Å². The molecule has 3 rings (SSSR count). The number of benzene rings is 2. The number of nitrogens with zero attached hydrogens (tertiary/aromatic N) is 1. The van der Waals surface area contributed by atoms with Gasteiger partial charge in [0.15, 0.2) is 0 Å². The minimum Gasteiger partial charge on any atom is -0.497 e. The van der Waals surface area contributed by atoms with Gasteiger partial charge in [-0.15, -0.1) is 0 Å². The molecule has 1 aliphatic heterocycles. The number of ether oxygens (including phenoxy) is 1. The number of methoxy groups -OCH3 is 1. The maximum atomic E-state index is 12.5. The molecule has 2 aromatic rings. The number of carbonyl (C=O) groups is 2. The van der Waals surface area contributed by atoms with Crippen molar-refractivity contribution < 1.29 is 14.3 Å². The quantitative estimate of drug-likeness (QED) is 0.859. The van der Waals surface area contributed by atoms with Crippen LogP contribution in [0.2, 0.25) is 0 Å². The van der Waals surface area contributed by atoms with E-state index in [1.165, 1.54) is 0 Å². The van der Waals surface area contributed by atoms with E-state index in [1.807, 2.05) is 54.6 Å². The third-order valence-electron chi connectivity index (χ3n) is 4.19. The van der Waals surface area contributed by atoms with Gasteiger partial charge in [0.25, 0.3) is 0 Å². The molecule has 1 atom stereocenters. The van der Waals surface area contributed by atoms with E-state index in [0.29, 0.717) is 19.5 Å². The molecule has 1 aliphatic rings. The van der Waals surface area contributed by atoms with Gasteiger partial charge in [-0.2, -0.15) is 0 Å². The Labute approximate surface area is 141 Å². The molecule has 0 aromatic heterocycles. The van der Waals surface area contributed by atoms with Crippen LogP contribution in [0.15, 0.2) is 54.6 Å². The third kappa shape index (κ3) is 3.40. The van der Waals surface area contributed by atoms with Crippen LogP contribution in [0.1, 0.15) is 12.0 Å². The monoisotopic (exact) mass is 324 g/mol. The van der Waals surface area contributed by atoms with Crippen molar-refractivity contribution in [1.29, 1.82) is 0 Å². The van der Waals surface area contributed by atoms with Gasteiger partial charge in [0.1, 0.15) is 11.7 Å². The van der Waals surface area contributed by atoms with Gasteiger partial charge >= 0.3 is 0 Å². The van der Waals surface area contributed by atoms with E-state index in [4.69, 9.17) is 4.74 Å². The fourth-order valence-corrected chi connectivity index (χ4v) is 2.88. The normalized spacial score (nSPS) is 17.0. The molecule has 1 N–H and O–H groups in total. The van der Waals surface area contributed by atoms with E-state index in [-0.39, 0.29) is 11.8 Å². The molecule has 0 bridgehead atoms. The average molecular weight is 324 g/mol. The number of rotatable bonds is 5. The van der Waals surface area contributed by atoms with E-state index < -0.39 is 5.92 Å². The lowest BCUT2D eigenvalue weighted by molar-refractivity contribution is -0.132. The Morgan fingerprint density at radius 2 is 2.00 bits per heavy atom. The van der Waals surface area contributed by atoms with Crippen LogP contribution in [-0.2, 0) is 16.1 Å². The second-order valence-electron chi connectivity index (χ2n) is 5.74. The van der Waals surface area contributed by atoms with Crippen LogP contribution in [0.5, 0.6) is 5.75 Å². The SMILES string of the molecule is COc1cccc(CNC(=O)[C@@H]2CCN(c3ccccc3)C2=O)c1. The summed E-state index contributed by atoms with van der Waals surface area (Å²) >= 11 is 0. The van der Waals surface area contributed by atoms with Gasteiger partial charge in [0.05, 0.1) is 7.11 Å². The first kappa shape index (κ1) is 16.1. The van der Waals surface area contributed by atoms with Crippen LogP contribution < -0.4 is 15.0 Å². The molecule has 1 heterocycles. The summed E-state index contributed by atoms with van der Waals surface area (Å²) in [7, 11) is 1.60. The smallest absolute Gasteiger partial charge is 0.239 e. The number of hydrogen-bond donors (Lipinski definition) is 1. The van der Waals surface area contributed by atoms with E-state index >= 15 is 0 Å². The standard InChI is InChI=1S/C19H20N2O3/c1-24-16-9-5-6-14(12-16)13-20-18(22)17-10-11-21(19(17)23)15-7-3-2-4-8-15/h2-9,12,17H,10-11,13H2,1H3,(H,20,22)/t17-/m0/s1. The van der Waals surface area contributed by atoms with Gasteiger partial charge < -0.3 is 15.0 Å². The molecule has 1 fully saturated rings. The molecule has 0 saturated carbocycles. The highest BCUT2D eigenvalue weighted by Crippen LogP contribution is 2.25. The zero-order valence-electron chi connectivity index (χ0n) is 13.6. The number of nitrogens with one attached hydrogen (secondary N) is 1. The minimum atomic E-state index is -0.615. The van der Waals surface area contributed by atoms with Crippen molar-refractivity contribution in [2.45, 2.75) is 13.0 Å². The van der Waals surface area contributed by atoms with Crippen molar-refractivity contribution in [2.24, 2.45) is 5.92 Å². The van der Waals surface area contributed by atoms with Crippen LogP contribution in [0.4, 0.5) is 5.69 Å². The van der Waals surface area contributed by atoms with Crippen molar-refractivity contribution >= 4 is 17.5 Å². The van der Waals surface area contributed by atoms with E-state index in [9.17, 15) is 9.59 Å².